The summed E-state index contributed by atoms with van der Waals surface area (Å²) in [7, 11) is -3.86. The molecule has 1 rings (SSSR count). The van der Waals surface area contributed by atoms with Crippen molar-refractivity contribution in [2.45, 2.75) is 11.3 Å². The van der Waals surface area contributed by atoms with E-state index in [1.807, 2.05) is 0 Å². The zero-order chi connectivity index (χ0) is 14.0. The molecule has 4 nitrogen and oxygen atoms in total. The van der Waals surface area contributed by atoms with Gasteiger partial charge in [-0.3, -0.25) is 4.74 Å². The van der Waals surface area contributed by atoms with Crippen molar-refractivity contribution in [3.05, 3.63) is 22.7 Å². The second kappa shape index (κ2) is 5.45. The van der Waals surface area contributed by atoms with Gasteiger partial charge in [0.05, 0.1) is 17.3 Å². The molecular formula is C9H9BrF3NO3S. The average molecular weight is 348 g/mol. The van der Waals surface area contributed by atoms with E-state index < -0.39 is 28.6 Å². The van der Waals surface area contributed by atoms with Crippen LogP contribution in [-0.2, 0) is 14.6 Å². The maximum absolute atomic E-state index is 11.7. The van der Waals surface area contributed by atoms with E-state index in [9.17, 15) is 21.6 Å². The van der Waals surface area contributed by atoms with Crippen LogP contribution in [0.1, 0.15) is 0 Å². The van der Waals surface area contributed by atoms with Crippen LogP contribution in [0.5, 0.6) is 0 Å². The molecule has 18 heavy (non-hydrogen) atoms. The normalized spacial score (nSPS) is 12.7. The molecular weight excluding hydrogens is 339 g/mol. The minimum atomic E-state index is -4.84. The molecule has 0 heterocycles. The Labute approximate surface area is 110 Å². The predicted octanol–water partition coefficient (Wildman–Crippen LogP) is 2.34. The van der Waals surface area contributed by atoms with E-state index in [1.54, 1.807) is 0 Å². The Morgan fingerprint density at radius 2 is 1.94 bits per heavy atom. The summed E-state index contributed by atoms with van der Waals surface area (Å²) in [4.78, 5) is -0.123. The number of nitrogens with two attached hydrogens (primary N) is 1. The number of benzene rings is 1. The predicted molar refractivity (Wildman–Crippen MR) is 62.6 cm³/mol. The summed E-state index contributed by atoms with van der Waals surface area (Å²) < 4.78 is 62.3. The number of nitrogen functional groups attached to an aromatic ring is 1. The van der Waals surface area contributed by atoms with Gasteiger partial charge >= 0.3 is 6.36 Å². The third-order valence-corrected chi connectivity index (χ3v) is 4.56. The van der Waals surface area contributed by atoms with E-state index in [-0.39, 0.29) is 9.37 Å². The zero-order valence-corrected chi connectivity index (χ0v) is 11.3. The first-order chi connectivity index (χ1) is 8.12. The fourth-order valence-electron chi connectivity index (χ4n) is 1.15. The van der Waals surface area contributed by atoms with Gasteiger partial charge in [-0.15, -0.1) is 13.2 Å². The van der Waals surface area contributed by atoms with Gasteiger partial charge in [-0.2, -0.15) is 0 Å². The van der Waals surface area contributed by atoms with Gasteiger partial charge in [-0.05, 0) is 34.1 Å². The Kier molecular flexibility index (Phi) is 4.62. The van der Waals surface area contributed by atoms with Crippen molar-refractivity contribution in [3.63, 3.8) is 0 Å². The van der Waals surface area contributed by atoms with Crippen molar-refractivity contribution in [2.75, 3.05) is 18.1 Å². The lowest BCUT2D eigenvalue weighted by atomic mass is 10.3. The highest BCUT2D eigenvalue weighted by molar-refractivity contribution is 9.10. The van der Waals surface area contributed by atoms with Crippen LogP contribution in [-0.4, -0.2) is 27.1 Å². The minimum Gasteiger partial charge on any atom is -0.399 e. The molecule has 0 spiro atoms. The van der Waals surface area contributed by atoms with Gasteiger partial charge in [0.2, 0.25) is 0 Å². The van der Waals surface area contributed by atoms with Crippen LogP contribution in [0.3, 0.4) is 0 Å². The molecule has 0 saturated carbocycles. The number of rotatable bonds is 4. The van der Waals surface area contributed by atoms with Crippen molar-refractivity contribution in [1.82, 2.24) is 0 Å². The number of hydrogen-bond donors (Lipinski definition) is 1. The van der Waals surface area contributed by atoms with Crippen LogP contribution in [0.2, 0.25) is 0 Å². The van der Waals surface area contributed by atoms with Gasteiger partial charge in [0.1, 0.15) is 0 Å². The molecule has 9 heteroatoms. The third-order valence-electron chi connectivity index (χ3n) is 1.91. The molecule has 0 amide bonds. The van der Waals surface area contributed by atoms with Crippen LogP contribution in [0.25, 0.3) is 0 Å². The molecule has 0 aliphatic rings. The van der Waals surface area contributed by atoms with E-state index >= 15 is 0 Å². The molecule has 0 bridgehead atoms. The van der Waals surface area contributed by atoms with E-state index in [4.69, 9.17) is 5.73 Å². The first kappa shape index (κ1) is 15.3. The lowest BCUT2D eigenvalue weighted by Crippen LogP contribution is -2.20. The van der Waals surface area contributed by atoms with Crippen LogP contribution in [0.15, 0.2) is 27.6 Å². The summed E-state index contributed by atoms with van der Waals surface area (Å²) in [5, 5.41) is 0. The molecule has 102 valence electrons. The quantitative estimate of drug-likeness (QED) is 0.848. The topological polar surface area (TPSA) is 69.4 Å². The highest BCUT2D eigenvalue weighted by Gasteiger charge is 2.30. The van der Waals surface area contributed by atoms with Crippen LogP contribution in [0.4, 0.5) is 18.9 Å². The molecule has 2 N–H and O–H groups in total. The highest BCUT2D eigenvalue weighted by Crippen LogP contribution is 2.25. The molecule has 0 aliphatic heterocycles. The lowest BCUT2D eigenvalue weighted by molar-refractivity contribution is -0.322. The summed E-state index contributed by atoms with van der Waals surface area (Å²) in [6.07, 6.45) is -4.84. The maximum Gasteiger partial charge on any atom is 0.522 e. The summed E-state index contributed by atoms with van der Waals surface area (Å²) >= 11 is 2.99. The number of anilines is 1. The van der Waals surface area contributed by atoms with E-state index in [0.717, 1.165) is 0 Å². The Balaban J connectivity index is 2.81. The van der Waals surface area contributed by atoms with Gasteiger partial charge in [0.15, 0.2) is 9.84 Å². The van der Waals surface area contributed by atoms with Gasteiger partial charge in [0.25, 0.3) is 0 Å². The standard InChI is InChI=1S/C9H9BrF3NO3S/c10-7-5-6(14)1-2-8(7)18(15,16)4-3-17-9(11,12)13/h1-2,5H,3-4,14H2. The summed E-state index contributed by atoms with van der Waals surface area (Å²) in [6, 6.07) is 3.93. The Morgan fingerprint density at radius 1 is 1.33 bits per heavy atom. The van der Waals surface area contributed by atoms with Crippen molar-refractivity contribution in [1.29, 1.82) is 0 Å². The van der Waals surface area contributed by atoms with E-state index in [2.05, 4.69) is 20.7 Å². The monoisotopic (exact) mass is 347 g/mol. The Bertz CT molecular complexity index is 530. The van der Waals surface area contributed by atoms with Gasteiger partial charge in [-0.1, -0.05) is 0 Å². The molecule has 0 aromatic heterocycles. The summed E-state index contributed by atoms with van der Waals surface area (Å²) in [6.45, 7) is -0.956. The SMILES string of the molecule is Nc1ccc(S(=O)(=O)CCOC(F)(F)F)c(Br)c1. The number of hydrogen-bond acceptors (Lipinski definition) is 4. The van der Waals surface area contributed by atoms with Crippen LogP contribution in [0, 0.1) is 0 Å². The maximum atomic E-state index is 11.7. The van der Waals surface area contributed by atoms with Gasteiger partial charge < -0.3 is 5.73 Å². The molecule has 0 radical (unpaired) electrons. The molecule has 0 aliphatic carbocycles. The zero-order valence-electron chi connectivity index (χ0n) is 8.87. The summed E-state index contributed by atoms with van der Waals surface area (Å²) in [5.41, 5.74) is 5.77. The number of sulfone groups is 1. The van der Waals surface area contributed by atoms with Crippen molar-refractivity contribution < 1.29 is 26.3 Å². The van der Waals surface area contributed by atoms with Crippen molar-refractivity contribution >= 4 is 31.5 Å². The Hall–Kier alpha value is -0.800. The summed E-state index contributed by atoms with van der Waals surface area (Å²) in [5.74, 6) is -0.769. The first-order valence-electron chi connectivity index (χ1n) is 4.60. The van der Waals surface area contributed by atoms with Crippen LogP contribution < -0.4 is 5.73 Å². The van der Waals surface area contributed by atoms with Crippen molar-refractivity contribution in [2.24, 2.45) is 0 Å². The largest absolute Gasteiger partial charge is 0.522 e. The molecule has 0 unspecified atom stereocenters. The van der Waals surface area contributed by atoms with Gasteiger partial charge in [-0.25, -0.2) is 8.42 Å². The van der Waals surface area contributed by atoms with E-state index in [1.165, 1.54) is 18.2 Å². The first-order valence-corrected chi connectivity index (χ1v) is 7.05. The van der Waals surface area contributed by atoms with E-state index in [0.29, 0.717) is 5.69 Å². The molecule has 1 aromatic rings. The van der Waals surface area contributed by atoms with Gasteiger partial charge in [0, 0.05) is 10.2 Å². The number of halogens is 4. The Morgan fingerprint density at radius 3 is 2.44 bits per heavy atom. The average Bonchev–Trinajstić information content (AvgIpc) is 2.13. The molecule has 1 aromatic carbocycles. The van der Waals surface area contributed by atoms with Crippen LogP contribution >= 0.6 is 15.9 Å². The molecule has 0 fully saturated rings. The fraction of sp³-hybridized carbons (Fsp3) is 0.333. The second-order valence-electron chi connectivity index (χ2n) is 3.30. The number of ether oxygens (including phenoxy) is 1. The highest BCUT2D eigenvalue weighted by atomic mass is 79.9. The molecule has 0 saturated heterocycles. The smallest absolute Gasteiger partial charge is 0.399 e. The second-order valence-corrected chi connectivity index (χ2v) is 6.23. The fourth-order valence-corrected chi connectivity index (χ4v) is 3.44. The third kappa shape index (κ3) is 4.46. The van der Waals surface area contributed by atoms with Crippen molar-refractivity contribution in [3.8, 4) is 0 Å². The lowest BCUT2D eigenvalue weighted by Gasteiger charge is -2.09. The number of alkyl halides is 3. The minimum absolute atomic E-state index is 0.123. The molecule has 0 atom stereocenters.